The van der Waals surface area contributed by atoms with E-state index < -0.39 is 5.54 Å². The monoisotopic (exact) mass is 372 g/mol. The van der Waals surface area contributed by atoms with Crippen molar-refractivity contribution in [3.63, 3.8) is 0 Å². The average molecular weight is 373 g/mol. The van der Waals surface area contributed by atoms with E-state index in [2.05, 4.69) is 33.9 Å². The number of benzene rings is 1. The quantitative estimate of drug-likeness (QED) is 0.812. The Kier molecular flexibility index (Phi) is 6.40. The van der Waals surface area contributed by atoms with Crippen LogP contribution in [-0.2, 0) is 5.54 Å². The summed E-state index contributed by atoms with van der Waals surface area (Å²) in [4.78, 5) is 22.2. The predicted octanol–water partition coefficient (Wildman–Crippen LogP) is 2.82. The lowest BCUT2D eigenvalue weighted by Gasteiger charge is -2.40. The van der Waals surface area contributed by atoms with Crippen LogP contribution in [0.4, 0.5) is 0 Å². The smallest absolute Gasteiger partial charge is 0.252 e. The maximum Gasteiger partial charge on any atom is 0.252 e. The maximum absolute atomic E-state index is 12.8. The number of aromatic nitrogens is 1. The number of hydrogen-bond donors (Lipinski definition) is 1. The second kappa shape index (κ2) is 8.75. The molecular weight excluding hydrogens is 344 g/mol. The molecule has 3 rings (SSSR count). The van der Waals surface area contributed by atoms with E-state index in [1.807, 2.05) is 41.2 Å². The summed E-state index contributed by atoms with van der Waals surface area (Å²) in [5.74, 6) is -0.0503. The van der Waals surface area contributed by atoms with Crippen LogP contribution in [0.3, 0.4) is 0 Å². The third-order valence-electron chi connectivity index (χ3n) is 4.97. The molecule has 1 aliphatic heterocycles. The third kappa shape index (κ3) is 4.69. The van der Waals surface area contributed by atoms with Gasteiger partial charge in [0.25, 0.3) is 5.91 Å². The first-order valence-corrected chi connectivity index (χ1v) is 10.3. The Hall–Kier alpha value is -1.76. The van der Waals surface area contributed by atoms with Crippen molar-refractivity contribution in [1.82, 2.24) is 20.1 Å². The minimum absolute atomic E-state index is 0.0503. The normalized spacial score (nSPS) is 18.4. The van der Waals surface area contributed by atoms with E-state index in [0.717, 1.165) is 38.4 Å². The van der Waals surface area contributed by atoms with Gasteiger partial charge in [0.15, 0.2) is 0 Å². The topological polar surface area (TPSA) is 48.5 Å². The van der Waals surface area contributed by atoms with Crippen LogP contribution in [-0.4, -0.2) is 60.0 Å². The first kappa shape index (κ1) is 19.0. The molecule has 1 aromatic carbocycles. The summed E-state index contributed by atoms with van der Waals surface area (Å²) in [6.45, 7) is 10.5. The number of thiazole rings is 1. The van der Waals surface area contributed by atoms with Crippen molar-refractivity contribution in [3.05, 3.63) is 52.5 Å². The van der Waals surface area contributed by atoms with Gasteiger partial charge in [-0.1, -0.05) is 25.1 Å². The highest BCUT2D eigenvalue weighted by atomic mass is 32.1. The van der Waals surface area contributed by atoms with Crippen molar-refractivity contribution < 1.29 is 4.79 Å². The van der Waals surface area contributed by atoms with Gasteiger partial charge in [-0.2, -0.15) is 0 Å². The zero-order valence-corrected chi connectivity index (χ0v) is 16.5. The molecule has 26 heavy (non-hydrogen) atoms. The Labute approximate surface area is 160 Å². The standard InChI is InChI=1S/C20H28N4OS/c1-3-9-23-10-12-24(13-11-23)15-20(2,18-14-26-16-21-18)22-19(25)17-7-5-4-6-8-17/h4-8,14,16H,3,9-13,15H2,1-2H3,(H,22,25). The van der Waals surface area contributed by atoms with Gasteiger partial charge in [0.1, 0.15) is 0 Å². The van der Waals surface area contributed by atoms with Crippen LogP contribution >= 0.6 is 11.3 Å². The molecule has 1 atom stereocenters. The Morgan fingerprint density at radius 2 is 1.88 bits per heavy atom. The first-order chi connectivity index (χ1) is 12.6. The summed E-state index contributed by atoms with van der Waals surface area (Å²) in [6.07, 6.45) is 1.20. The maximum atomic E-state index is 12.8. The molecule has 0 saturated carbocycles. The second-order valence-electron chi connectivity index (χ2n) is 7.14. The van der Waals surface area contributed by atoms with Gasteiger partial charge in [0.05, 0.1) is 16.7 Å². The lowest BCUT2D eigenvalue weighted by Crippen LogP contribution is -2.55. The molecule has 0 bridgehead atoms. The number of nitrogens with zero attached hydrogens (tertiary/aromatic N) is 3. The van der Waals surface area contributed by atoms with Crippen molar-refractivity contribution in [3.8, 4) is 0 Å². The lowest BCUT2D eigenvalue weighted by atomic mass is 9.96. The van der Waals surface area contributed by atoms with Crippen LogP contribution in [0.1, 0.15) is 36.3 Å². The summed E-state index contributed by atoms with van der Waals surface area (Å²) in [6, 6.07) is 9.40. The molecular formula is C20H28N4OS. The Bertz CT molecular complexity index is 683. The van der Waals surface area contributed by atoms with Crippen LogP contribution in [0.5, 0.6) is 0 Å². The van der Waals surface area contributed by atoms with Gasteiger partial charge in [-0.05, 0) is 32.0 Å². The molecule has 1 fully saturated rings. The number of carbonyl (C=O) groups excluding carboxylic acids is 1. The van der Waals surface area contributed by atoms with Crippen molar-refractivity contribution in [2.75, 3.05) is 39.3 Å². The predicted molar refractivity (Wildman–Crippen MR) is 107 cm³/mol. The van der Waals surface area contributed by atoms with Gasteiger partial charge < -0.3 is 10.2 Å². The van der Waals surface area contributed by atoms with Gasteiger partial charge in [0.2, 0.25) is 0 Å². The lowest BCUT2D eigenvalue weighted by molar-refractivity contribution is 0.0795. The molecule has 0 aliphatic carbocycles. The van der Waals surface area contributed by atoms with Crippen LogP contribution in [0.15, 0.2) is 41.2 Å². The van der Waals surface area contributed by atoms with Crippen molar-refractivity contribution in [2.24, 2.45) is 0 Å². The molecule has 1 unspecified atom stereocenters. The fourth-order valence-corrected chi connectivity index (χ4v) is 4.20. The number of hydrogen-bond acceptors (Lipinski definition) is 5. The molecule has 0 spiro atoms. The SMILES string of the molecule is CCCN1CCN(CC(C)(NC(=O)c2ccccc2)c2cscn2)CC1. The molecule has 6 heteroatoms. The zero-order valence-electron chi connectivity index (χ0n) is 15.6. The van der Waals surface area contributed by atoms with Crippen molar-refractivity contribution >= 4 is 17.2 Å². The number of amides is 1. The second-order valence-corrected chi connectivity index (χ2v) is 7.86. The summed E-state index contributed by atoms with van der Waals surface area (Å²) >= 11 is 1.57. The molecule has 140 valence electrons. The fourth-order valence-electron chi connectivity index (χ4n) is 3.52. The minimum Gasteiger partial charge on any atom is -0.340 e. The summed E-state index contributed by atoms with van der Waals surface area (Å²) < 4.78 is 0. The van der Waals surface area contributed by atoms with E-state index in [4.69, 9.17) is 0 Å². The van der Waals surface area contributed by atoms with Crippen molar-refractivity contribution in [1.29, 1.82) is 0 Å². The first-order valence-electron chi connectivity index (χ1n) is 9.31. The minimum atomic E-state index is -0.500. The Morgan fingerprint density at radius 1 is 1.19 bits per heavy atom. The Balaban J connectivity index is 1.70. The molecule has 1 aromatic heterocycles. The average Bonchev–Trinajstić information content (AvgIpc) is 3.20. The van der Waals surface area contributed by atoms with E-state index in [1.54, 1.807) is 11.3 Å². The molecule has 2 heterocycles. The molecule has 1 N–H and O–H groups in total. The molecule has 1 aliphatic rings. The molecule has 1 saturated heterocycles. The number of piperazine rings is 1. The van der Waals surface area contributed by atoms with Crippen LogP contribution in [0.2, 0.25) is 0 Å². The molecule has 0 radical (unpaired) electrons. The summed E-state index contributed by atoms with van der Waals surface area (Å²) in [5.41, 5.74) is 2.95. The highest BCUT2D eigenvalue weighted by Crippen LogP contribution is 2.23. The van der Waals surface area contributed by atoms with E-state index in [-0.39, 0.29) is 5.91 Å². The number of carbonyl (C=O) groups is 1. The highest BCUT2D eigenvalue weighted by Gasteiger charge is 2.34. The summed E-state index contributed by atoms with van der Waals surface area (Å²) in [5, 5.41) is 5.29. The third-order valence-corrected chi connectivity index (χ3v) is 5.55. The van der Waals surface area contributed by atoms with Gasteiger partial charge in [-0.15, -0.1) is 11.3 Å². The molecule has 5 nitrogen and oxygen atoms in total. The van der Waals surface area contributed by atoms with Crippen LogP contribution in [0, 0.1) is 0 Å². The van der Waals surface area contributed by atoms with Crippen LogP contribution in [0.25, 0.3) is 0 Å². The van der Waals surface area contributed by atoms with E-state index >= 15 is 0 Å². The van der Waals surface area contributed by atoms with Gasteiger partial charge in [0, 0.05) is 43.7 Å². The zero-order chi connectivity index (χ0) is 18.4. The van der Waals surface area contributed by atoms with Crippen molar-refractivity contribution in [2.45, 2.75) is 25.8 Å². The number of rotatable bonds is 7. The van der Waals surface area contributed by atoms with E-state index in [9.17, 15) is 4.79 Å². The Morgan fingerprint density at radius 3 is 2.50 bits per heavy atom. The molecule has 2 aromatic rings. The van der Waals surface area contributed by atoms with E-state index in [1.165, 1.54) is 13.0 Å². The fraction of sp³-hybridized carbons (Fsp3) is 0.500. The van der Waals surface area contributed by atoms with Crippen LogP contribution < -0.4 is 5.32 Å². The van der Waals surface area contributed by atoms with Gasteiger partial charge in [-0.25, -0.2) is 4.98 Å². The highest BCUT2D eigenvalue weighted by molar-refractivity contribution is 7.07. The number of nitrogens with one attached hydrogen (secondary N) is 1. The summed E-state index contributed by atoms with van der Waals surface area (Å²) in [7, 11) is 0. The molecule has 1 amide bonds. The van der Waals surface area contributed by atoms with Gasteiger partial charge >= 0.3 is 0 Å². The largest absolute Gasteiger partial charge is 0.340 e. The van der Waals surface area contributed by atoms with Gasteiger partial charge in [-0.3, -0.25) is 9.69 Å². The van der Waals surface area contributed by atoms with E-state index in [0.29, 0.717) is 5.56 Å².